The predicted molar refractivity (Wildman–Crippen MR) is 90.0 cm³/mol. The maximum absolute atomic E-state index is 12.8. The second kappa shape index (κ2) is 6.23. The van der Waals surface area contributed by atoms with Gasteiger partial charge in [0.1, 0.15) is 11.8 Å². The van der Waals surface area contributed by atoms with Crippen molar-refractivity contribution in [3.05, 3.63) is 54.1 Å². The predicted octanol–water partition coefficient (Wildman–Crippen LogP) is 2.08. The normalized spacial score (nSPS) is 17.8. The molecule has 124 valence electrons. The number of nitrogens with zero attached hydrogens (tertiary/aromatic N) is 1. The van der Waals surface area contributed by atoms with Crippen molar-refractivity contribution >= 4 is 23.3 Å². The summed E-state index contributed by atoms with van der Waals surface area (Å²) in [4.78, 5) is 25.5. The molecule has 1 aliphatic rings. The van der Waals surface area contributed by atoms with Crippen molar-refractivity contribution in [1.29, 1.82) is 0 Å². The lowest BCUT2D eigenvalue weighted by Crippen LogP contribution is -2.53. The number of carboxylic acids is 1. The zero-order valence-corrected chi connectivity index (χ0v) is 13.2. The summed E-state index contributed by atoms with van der Waals surface area (Å²) < 4.78 is 5.82. The average Bonchev–Trinajstić information content (AvgIpc) is 2.57. The van der Waals surface area contributed by atoms with Gasteiger partial charge in [0.15, 0.2) is 6.10 Å². The molecular weight excluding hydrogens is 308 g/mol. The molecule has 1 heterocycles. The van der Waals surface area contributed by atoms with Gasteiger partial charge < -0.3 is 15.6 Å². The Balaban J connectivity index is 1.94. The molecule has 6 heteroatoms. The number of aliphatic carboxylic acids is 1. The minimum atomic E-state index is -1.06. The highest BCUT2D eigenvalue weighted by molar-refractivity contribution is 6.04. The molecule has 0 spiro atoms. The number of nitrogens with two attached hydrogens (primary N) is 1. The van der Waals surface area contributed by atoms with E-state index in [0.29, 0.717) is 23.5 Å². The molecule has 2 atom stereocenters. The number of para-hydroxylation sites is 2. The topological polar surface area (TPSA) is 92.9 Å². The monoisotopic (exact) mass is 326 g/mol. The van der Waals surface area contributed by atoms with Crippen LogP contribution >= 0.6 is 0 Å². The van der Waals surface area contributed by atoms with Crippen molar-refractivity contribution < 1.29 is 19.4 Å². The number of fused-ring (bicyclic) bond motifs is 1. The molecule has 3 rings (SSSR count). The third-order valence-corrected chi connectivity index (χ3v) is 4.05. The molecule has 6 nitrogen and oxygen atoms in total. The van der Waals surface area contributed by atoms with Gasteiger partial charge in [-0.3, -0.25) is 9.69 Å². The van der Waals surface area contributed by atoms with Crippen molar-refractivity contribution in [2.75, 3.05) is 10.6 Å². The number of hydrogen-bond acceptors (Lipinski definition) is 4. The van der Waals surface area contributed by atoms with Crippen LogP contribution in [0.25, 0.3) is 0 Å². The van der Waals surface area contributed by atoms with Crippen LogP contribution < -0.4 is 15.4 Å². The van der Waals surface area contributed by atoms with Crippen LogP contribution in [0.3, 0.4) is 0 Å². The first-order valence-electron chi connectivity index (χ1n) is 7.63. The van der Waals surface area contributed by atoms with Crippen molar-refractivity contribution in [2.24, 2.45) is 0 Å². The summed E-state index contributed by atoms with van der Waals surface area (Å²) in [5, 5.41) is 9.34. The van der Waals surface area contributed by atoms with E-state index in [9.17, 15) is 14.7 Å². The fourth-order valence-corrected chi connectivity index (χ4v) is 2.74. The molecule has 0 saturated carbocycles. The molecule has 0 aromatic heterocycles. The fraction of sp³-hybridized carbons (Fsp3) is 0.222. The first-order valence-corrected chi connectivity index (χ1v) is 7.63. The minimum Gasteiger partial charge on any atom is -0.480 e. The third kappa shape index (κ3) is 2.90. The minimum absolute atomic E-state index is 0.344. The Hall–Kier alpha value is -3.02. The first-order chi connectivity index (χ1) is 11.5. The average molecular weight is 326 g/mol. The van der Waals surface area contributed by atoms with Gasteiger partial charge in [0.2, 0.25) is 0 Å². The molecule has 0 bridgehead atoms. The summed E-state index contributed by atoms with van der Waals surface area (Å²) in [7, 11) is 0. The van der Waals surface area contributed by atoms with Crippen LogP contribution in [0.1, 0.15) is 12.5 Å². The second-order valence-corrected chi connectivity index (χ2v) is 5.74. The van der Waals surface area contributed by atoms with Gasteiger partial charge in [0, 0.05) is 12.1 Å². The summed E-state index contributed by atoms with van der Waals surface area (Å²) in [6.07, 6.45) is -0.429. The Morgan fingerprint density at radius 1 is 1.25 bits per heavy atom. The van der Waals surface area contributed by atoms with E-state index >= 15 is 0 Å². The van der Waals surface area contributed by atoms with Crippen molar-refractivity contribution in [3.8, 4) is 5.75 Å². The number of carbonyl (C=O) groups is 2. The number of carboxylic acid groups (broad SMARTS) is 1. The van der Waals surface area contributed by atoms with Crippen LogP contribution in [-0.2, 0) is 16.0 Å². The van der Waals surface area contributed by atoms with Crippen LogP contribution in [0.2, 0.25) is 0 Å². The highest BCUT2D eigenvalue weighted by Crippen LogP contribution is 2.35. The quantitative estimate of drug-likeness (QED) is 0.839. The number of carbonyl (C=O) groups excluding carboxylic acids is 1. The van der Waals surface area contributed by atoms with Gasteiger partial charge >= 0.3 is 5.97 Å². The summed E-state index contributed by atoms with van der Waals surface area (Å²) in [6, 6.07) is 13.2. The molecular formula is C18H18N2O4. The van der Waals surface area contributed by atoms with Crippen LogP contribution in [0.5, 0.6) is 5.75 Å². The van der Waals surface area contributed by atoms with Crippen LogP contribution in [0.15, 0.2) is 48.5 Å². The molecule has 1 amide bonds. The Kier molecular flexibility index (Phi) is 4.12. The van der Waals surface area contributed by atoms with Gasteiger partial charge in [-0.15, -0.1) is 0 Å². The lowest BCUT2D eigenvalue weighted by molar-refractivity contribution is -0.140. The van der Waals surface area contributed by atoms with Gasteiger partial charge in [0.05, 0.1) is 5.69 Å². The highest BCUT2D eigenvalue weighted by atomic mass is 16.5. The SMILES string of the molecule is CC(C(=O)O)N1C(=O)C(Cc2ccc(N)cc2)Oc2ccccc21. The third-order valence-electron chi connectivity index (χ3n) is 4.05. The molecule has 3 N–H and O–H groups in total. The lowest BCUT2D eigenvalue weighted by Gasteiger charge is -2.36. The van der Waals surface area contributed by atoms with Crippen molar-refractivity contribution in [3.63, 3.8) is 0 Å². The molecule has 24 heavy (non-hydrogen) atoms. The smallest absolute Gasteiger partial charge is 0.326 e. The first kappa shape index (κ1) is 15.9. The highest BCUT2D eigenvalue weighted by Gasteiger charge is 2.39. The van der Waals surface area contributed by atoms with Crippen LogP contribution in [0.4, 0.5) is 11.4 Å². The van der Waals surface area contributed by atoms with Gasteiger partial charge in [-0.05, 0) is 36.8 Å². The number of anilines is 2. The van der Waals surface area contributed by atoms with E-state index in [2.05, 4.69) is 0 Å². The van der Waals surface area contributed by atoms with E-state index in [4.69, 9.17) is 10.5 Å². The van der Waals surface area contributed by atoms with Crippen LogP contribution in [-0.4, -0.2) is 29.1 Å². The Morgan fingerprint density at radius 2 is 1.92 bits per heavy atom. The van der Waals surface area contributed by atoms with Gasteiger partial charge in [-0.25, -0.2) is 4.79 Å². The molecule has 2 aromatic carbocycles. The standard InChI is InChI=1S/C18H18N2O4/c1-11(18(22)23)20-14-4-2-3-5-15(14)24-16(17(20)21)10-12-6-8-13(19)9-7-12/h2-9,11,16H,10,19H2,1H3,(H,22,23). The molecule has 0 saturated heterocycles. The lowest BCUT2D eigenvalue weighted by atomic mass is 10.0. The summed E-state index contributed by atoms with van der Waals surface area (Å²) in [6.45, 7) is 1.49. The summed E-state index contributed by atoms with van der Waals surface area (Å²) in [5.41, 5.74) is 7.68. The number of amides is 1. The number of hydrogen-bond donors (Lipinski definition) is 2. The van der Waals surface area contributed by atoms with Crippen molar-refractivity contribution in [1.82, 2.24) is 0 Å². The van der Waals surface area contributed by atoms with Gasteiger partial charge in [-0.1, -0.05) is 24.3 Å². The van der Waals surface area contributed by atoms with E-state index in [-0.39, 0.29) is 5.91 Å². The molecule has 2 unspecified atom stereocenters. The fourth-order valence-electron chi connectivity index (χ4n) is 2.74. The summed E-state index contributed by atoms with van der Waals surface area (Å²) in [5.74, 6) is -0.919. The Morgan fingerprint density at radius 3 is 2.58 bits per heavy atom. The maximum atomic E-state index is 12.8. The van der Waals surface area contributed by atoms with E-state index in [1.54, 1.807) is 36.4 Å². The van der Waals surface area contributed by atoms with Crippen LogP contribution in [0, 0.1) is 0 Å². The van der Waals surface area contributed by atoms with Gasteiger partial charge in [0.25, 0.3) is 5.91 Å². The molecule has 2 aromatic rings. The maximum Gasteiger partial charge on any atom is 0.326 e. The van der Waals surface area contributed by atoms with E-state index in [1.807, 2.05) is 12.1 Å². The number of ether oxygens (including phenoxy) is 1. The Bertz CT molecular complexity index is 773. The molecule has 1 aliphatic heterocycles. The number of rotatable bonds is 4. The number of benzene rings is 2. The van der Waals surface area contributed by atoms with Gasteiger partial charge in [-0.2, -0.15) is 0 Å². The largest absolute Gasteiger partial charge is 0.480 e. The molecule has 0 radical (unpaired) electrons. The van der Waals surface area contributed by atoms with E-state index in [1.165, 1.54) is 11.8 Å². The Labute approximate surface area is 139 Å². The molecule has 0 fully saturated rings. The summed E-state index contributed by atoms with van der Waals surface area (Å²) >= 11 is 0. The van der Waals surface area contributed by atoms with E-state index in [0.717, 1.165) is 5.56 Å². The number of nitrogen functional groups attached to an aromatic ring is 1. The second-order valence-electron chi connectivity index (χ2n) is 5.74. The van der Waals surface area contributed by atoms with Crippen molar-refractivity contribution in [2.45, 2.75) is 25.5 Å². The zero-order chi connectivity index (χ0) is 17.3. The van der Waals surface area contributed by atoms with E-state index < -0.39 is 18.1 Å². The zero-order valence-electron chi connectivity index (χ0n) is 13.2. The molecule has 0 aliphatic carbocycles.